The van der Waals surface area contributed by atoms with Crippen molar-refractivity contribution >= 4 is 0 Å². The highest BCUT2D eigenvalue weighted by molar-refractivity contribution is 5.27. The van der Waals surface area contributed by atoms with Crippen LogP contribution in [-0.4, -0.2) is 28.5 Å². The van der Waals surface area contributed by atoms with Crippen molar-refractivity contribution in [2.24, 2.45) is 7.05 Å². The first-order valence-electron chi connectivity index (χ1n) is 6.32. The molecule has 0 spiro atoms. The van der Waals surface area contributed by atoms with Crippen LogP contribution >= 0.6 is 0 Å². The summed E-state index contributed by atoms with van der Waals surface area (Å²) in [5.41, 5.74) is 2.26. The van der Waals surface area contributed by atoms with Crippen molar-refractivity contribution in [1.29, 1.82) is 0 Å². The van der Waals surface area contributed by atoms with Crippen molar-refractivity contribution in [3.63, 3.8) is 0 Å². The van der Waals surface area contributed by atoms with Crippen molar-refractivity contribution < 1.29 is 4.74 Å². The van der Waals surface area contributed by atoms with Crippen LogP contribution in [0.4, 0.5) is 0 Å². The molecule has 0 amide bonds. The van der Waals surface area contributed by atoms with Gasteiger partial charge in [0.2, 0.25) is 0 Å². The van der Waals surface area contributed by atoms with E-state index in [9.17, 15) is 0 Å². The minimum absolute atomic E-state index is 0.176. The normalized spacial score (nSPS) is 24.2. The standard InChI is InChI=1S/C13H23N3O/c1-9(2)11-10(8-16(5)15-11)12-13(3,4)17-7-6-14-12/h8-9,12,14H,6-7H2,1-5H3. The van der Waals surface area contributed by atoms with E-state index in [-0.39, 0.29) is 11.6 Å². The molecular weight excluding hydrogens is 214 g/mol. The van der Waals surface area contributed by atoms with Crippen LogP contribution < -0.4 is 5.32 Å². The number of rotatable bonds is 2. The molecule has 0 radical (unpaired) electrons. The average molecular weight is 237 g/mol. The molecule has 1 N–H and O–H groups in total. The fraction of sp³-hybridized carbons (Fsp3) is 0.769. The number of ether oxygens (including phenoxy) is 1. The maximum Gasteiger partial charge on any atom is 0.0822 e. The van der Waals surface area contributed by atoms with Gasteiger partial charge in [0.25, 0.3) is 0 Å². The molecule has 2 heterocycles. The van der Waals surface area contributed by atoms with Gasteiger partial charge in [0.15, 0.2) is 0 Å². The van der Waals surface area contributed by atoms with Crippen LogP contribution in [0.3, 0.4) is 0 Å². The van der Waals surface area contributed by atoms with E-state index < -0.39 is 0 Å². The Morgan fingerprint density at radius 3 is 2.82 bits per heavy atom. The molecule has 1 atom stereocenters. The van der Waals surface area contributed by atoms with Gasteiger partial charge in [-0.2, -0.15) is 5.10 Å². The van der Waals surface area contributed by atoms with E-state index in [2.05, 4.69) is 44.3 Å². The van der Waals surface area contributed by atoms with Gasteiger partial charge in [-0.3, -0.25) is 4.68 Å². The number of aryl methyl sites for hydroxylation is 1. The molecule has 17 heavy (non-hydrogen) atoms. The largest absolute Gasteiger partial charge is 0.372 e. The van der Waals surface area contributed by atoms with Crippen molar-refractivity contribution in [2.45, 2.75) is 45.3 Å². The van der Waals surface area contributed by atoms with E-state index in [1.807, 2.05) is 11.7 Å². The maximum absolute atomic E-state index is 5.88. The minimum atomic E-state index is -0.176. The van der Waals surface area contributed by atoms with E-state index in [1.165, 1.54) is 11.3 Å². The lowest BCUT2D eigenvalue weighted by Gasteiger charge is -2.39. The van der Waals surface area contributed by atoms with Gasteiger partial charge in [-0.25, -0.2) is 0 Å². The summed E-state index contributed by atoms with van der Waals surface area (Å²) in [6.07, 6.45) is 2.11. The van der Waals surface area contributed by atoms with Gasteiger partial charge in [-0.1, -0.05) is 13.8 Å². The quantitative estimate of drug-likeness (QED) is 0.855. The Morgan fingerprint density at radius 1 is 1.53 bits per heavy atom. The van der Waals surface area contributed by atoms with Gasteiger partial charge in [-0.05, 0) is 19.8 Å². The molecule has 1 aromatic rings. The molecule has 1 aliphatic rings. The first-order chi connectivity index (χ1) is 7.92. The zero-order valence-electron chi connectivity index (χ0n) is 11.4. The lowest BCUT2D eigenvalue weighted by molar-refractivity contribution is -0.0724. The number of hydrogen-bond acceptors (Lipinski definition) is 3. The topological polar surface area (TPSA) is 39.1 Å². The molecule has 96 valence electrons. The molecule has 2 rings (SSSR count). The second-order valence-electron chi connectivity index (χ2n) is 5.64. The van der Waals surface area contributed by atoms with Crippen molar-refractivity contribution in [1.82, 2.24) is 15.1 Å². The Hall–Kier alpha value is -0.870. The first kappa shape index (κ1) is 12.6. The average Bonchev–Trinajstić information content (AvgIpc) is 2.59. The van der Waals surface area contributed by atoms with Gasteiger partial charge in [0.1, 0.15) is 0 Å². The van der Waals surface area contributed by atoms with Crippen LogP contribution in [0.25, 0.3) is 0 Å². The van der Waals surface area contributed by atoms with Crippen LogP contribution in [0, 0.1) is 0 Å². The SMILES string of the molecule is CC(C)c1nn(C)cc1C1NCCOC1(C)C. The third-order valence-electron chi connectivity index (χ3n) is 3.36. The summed E-state index contributed by atoms with van der Waals surface area (Å²) in [5, 5.41) is 8.13. The van der Waals surface area contributed by atoms with Gasteiger partial charge in [0.05, 0.1) is 23.9 Å². The van der Waals surface area contributed by atoms with E-state index in [4.69, 9.17) is 4.74 Å². The maximum atomic E-state index is 5.88. The van der Waals surface area contributed by atoms with E-state index >= 15 is 0 Å². The lowest BCUT2D eigenvalue weighted by atomic mass is 9.88. The Labute approximate surface area is 103 Å². The van der Waals surface area contributed by atoms with Crippen LogP contribution in [0.1, 0.15) is 50.9 Å². The van der Waals surface area contributed by atoms with Gasteiger partial charge in [-0.15, -0.1) is 0 Å². The number of aromatic nitrogens is 2. The molecule has 0 aromatic carbocycles. The van der Waals surface area contributed by atoms with E-state index in [0.29, 0.717) is 5.92 Å². The summed E-state index contributed by atoms with van der Waals surface area (Å²) in [4.78, 5) is 0. The molecular formula is C13H23N3O. The zero-order chi connectivity index (χ0) is 12.6. The zero-order valence-corrected chi connectivity index (χ0v) is 11.4. The summed E-state index contributed by atoms with van der Waals surface area (Å²) in [6.45, 7) is 10.3. The monoisotopic (exact) mass is 237 g/mol. The number of nitrogens with one attached hydrogen (secondary N) is 1. The Balaban J connectivity index is 2.38. The van der Waals surface area contributed by atoms with Crippen LogP contribution in [-0.2, 0) is 11.8 Å². The van der Waals surface area contributed by atoms with E-state index in [0.717, 1.165) is 13.2 Å². The molecule has 1 aliphatic heterocycles. The molecule has 1 fully saturated rings. The van der Waals surface area contributed by atoms with Crippen LogP contribution in [0.15, 0.2) is 6.20 Å². The summed E-state index contributed by atoms with van der Waals surface area (Å²) in [7, 11) is 1.98. The summed E-state index contributed by atoms with van der Waals surface area (Å²) >= 11 is 0. The minimum Gasteiger partial charge on any atom is -0.372 e. The predicted octanol–water partition coefficient (Wildman–Crippen LogP) is 1.98. The Bertz CT molecular complexity index is 395. The fourth-order valence-corrected chi connectivity index (χ4v) is 2.53. The van der Waals surface area contributed by atoms with Gasteiger partial charge < -0.3 is 10.1 Å². The van der Waals surface area contributed by atoms with Gasteiger partial charge >= 0.3 is 0 Å². The molecule has 0 aliphatic carbocycles. The van der Waals surface area contributed by atoms with Gasteiger partial charge in [0, 0.05) is 25.4 Å². The van der Waals surface area contributed by atoms with Crippen molar-refractivity contribution in [3.05, 3.63) is 17.5 Å². The molecule has 0 bridgehead atoms. The first-order valence-corrected chi connectivity index (χ1v) is 6.32. The fourth-order valence-electron chi connectivity index (χ4n) is 2.53. The highest BCUT2D eigenvalue weighted by Crippen LogP contribution is 2.34. The summed E-state index contributed by atoms with van der Waals surface area (Å²) < 4.78 is 7.78. The third kappa shape index (κ3) is 2.38. The number of morpholine rings is 1. The smallest absolute Gasteiger partial charge is 0.0822 e. The summed E-state index contributed by atoms with van der Waals surface area (Å²) in [6, 6.07) is 0.224. The van der Waals surface area contributed by atoms with E-state index in [1.54, 1.807) is 0 Å². The number of hydrogen-bond donors (Lipinski definition) is 1. The predicted molar refractivity (Wildman–Crippen MR) is 68.1 cm³/mol. The molecule has 1 saturated heterocycles. The number of nitrogens with zero attached hydrogens (tertiary/aromatic N) is 2. The molecule has 0 saturated carbocycles. The summed E-state index contributed by atoms with van der Waals surface area (Å²) in [5.74, 6) is 0.436. The molecule has 1 unspecified atom stereocenters. The molecule has 4 heteroatoms. The third-order valence-corrected chi connectivity index (χ3v) is 3.36. The van der Waals surface area contributed by atoms with Crippen LogP contribution in [0.2, 0.25) is 0 Å². The second kappa shape index (κ2) is 4.42. The Morgan fingerprint density at radius 2 is 2.24 bits per heavy atom. The lowest BCUT2D eigenvalue weighted by Crippen LogP contribution is -2.48. The van der Waals surface area contributed by atoms with Crippen molar-refractivity contribution in [2.75, 3.05) is 13.2 Å². The molecule has 1 aromatic heterocycles. The Kier molecular flexibility index (Phi) is 3.27. The highest BCUT2D eigenvalue weighted by atomic mass is 16.5. The highest BCUT2D eigenvalue weighted by Gasteiger charge is 2.37. The second-order valence-corrected chi connectivity index (χ2v) is 5.64. The van der Waals surface area contributed by atoms with Crippen molar-refractivity contribution in [3.8, 4) is 0 Å². The van der Waals surface area contributed by atoms with Crippen LogP contribution in [0.5, 0.6) is 0 Å². The molecule has 4 nitrogen and oxygen atoms in total.